The lowest BCUT2D eigenvalue weighted by atomic mass is 10.1. The first-order valence-corrected chi connectivity index (χ1v) is 12.2. The highest BCUT2D eigenvalue weighted by atomic mass is 32.2. The van der Waals surface area contributed by atoms with Crippen molar-refractivity contribution in [3.63, 3.8) is 0 Å². The van der Waals surface area contributed by atoms with E-state index in [0.717, 1.165) is 17.3 Å². The van der Waals surface area contributed by atoms with Crippen LogP contribution in [0.15, 0.2) is 58.5 Å². The topological polar surface area (TPSA) is 152 Å². The molecule has 1 aliphatic heterocycles. The number of anilines is 1. The van der Waals surface area contributed by atoms with Crippen molar-refractivity contribution in [2.45, 2.75) is 11.8 Å². The SMILES string of the molecule is Cc1cc(NC(=O)c2cc(=O)[nH]c3ccc(S(=O)(=O)N4CCOCC4)cc23)ccc1-n1cnnn1. The van der Waals surface area contributed by atoms with Gasteiger partial charge < -0.3 is 15.0 Å². The van der Waals surface area contributed by atoms with E-state index >= 15 is 0 Å². The number of benzene rings is 2. The Morgan fingerprint density at radius 2 is 1.91 bits per heavy atom. The molecule has 4 aromatic rings. The van der Waals surface area contributed by atoms with Crippen LogP contribution in [0.3, 0.4) is 0 Å². The number of H-pyrrole nitrogens is 1. The highest BCUT2D eigenvalue weighted by Gasteiger charge is 2.27. The molecule has 0 bridgehead atoms. The maximum absolute atomic E-state index is 13.2. The van der Waals surface area contributed by atoms with E-state index in [4.69, 9.17) is 4.74 Å². The average Bonchev–Trinajstić information content (AvgIpc) is 3.38. The number of carbonyl (C=O) groups is 1. The second-order valence-corrected chi connectivity index (χ2v) is 9.92. The molecule has 3 heterocycles. The molecule has 12 nitrogen and oxygen atoms in total. The van der Waals surface area contributed by atoms with Gasteiger partial charge in [-0.05, 0) is 59.3 Å². The Labute approximate surface area is 199 Å². The molecular weight excluding hydrogens is 474 g/mol. The number of carbonyl (C=O) groups excluding carboxylic acids is 1. The molecule has 35 heavy (non-hydrogen) atoms. The van der Waals surface area contributed by atoms with Crippen molar-refractivity contribution in [2.75, 3.05) is 31.6 Å². The summed E-state index contributed by atoms with van der Waals surface area (Å²) in [6, 6.07) is 10.7. The van der Waals surface area contributed by atoms with E-state index in [1.807, 2.05) is 6.92 Å². The number of sulfonamides is 1. The first kappa shape index (κ1) is 22.8. The Balaban J connectivity index is 1.49. The minimum absolute atomic E-state index is 0.0367. The number of tetrazole rings is 1. The maximum atomic E-state index is 13.2. The van der Waals surface area contributed by atoms with Crippen LogP contribution in [0.25, 0.3) is 16.6 Å². The van der Waals surface area contributed by atoms with E-state index in [-0.39, 0.29) is 23.5 Å². The average molecular weight is 496 g/mol. The number of ether oxygens (including phenoxy) is 1. The molecule has 2 aromatic carbocycles. The number of aromatic amines is 1. The summed E-state index contributed by atoms with van der Waals surface area (Å²) in [6.45, 7) is 2.98. The molecule has 0 spiro atoms. The summed E-state index contributed by atoms with van der Waals surface area (Å²) in [7, 11) is -3.79. The molecule has 1 amide bonds. The molecule has 0 radical (unpaired) electrons. The first-order chi connectivity index (χ1) is 16.8. The number of rotatable bonds is 5. The molecule has 1 saturated heterocycles. The van der Waals surface area contributed by atoms with E-state index in [2.05, 4.69) is 25.8 Å². The van der Waals surface area contributed by atoms with E-state index < -0.39 is 21.5 Å². The first-order valence-electron chi connectivity index (χ1n) is 10.7. The largest absolute Gasteiger partial charge is 0.379 e. The van der Waals surface area contributed by atoms with E-state index in [1.165, 1.54) is 33.5 Å². The molecule has 0 aliphatic carbocycles. The summed E-state index contributed by atoms with van der Waals surface area (Å²) >= 11 is 0. The van der Waals surface area contributed by atoms with Crippen molar-refractivity contribution in [1.82, 2.24) is 29.5 Å². The van der Waals surface area contributed by atoms with Gasteiger partial charge in [-0.2, -0.15) is 4.31 Å². The normalized spacial score (nSPS) is 14.8. The Morgan fingerprint density at radius 1 is 1.11 bits per heavy atom. The lowest BCUT2D eigenvalue weighted by Crippen LogP contribution is -2.40. The second kappa shape index (κ2) is 9.02. The number of fused-ring (bicyclic) bond motifs is 1. The zero-order chi connectivity index (χ0) is 24.6. The smallest absolute Gasteiger partial charge is 0.256 e. The molecule has 0 saturated carbocycles. The van der Waals surface area contributed by atoms with Gasteiger partial charge in [0.15, 0.2) is 0 Å². The van der Waals surface area contributed by atoms with Gasteiger partial charge in [0.2, 0.25) is 15.6 Å². The van der Waals surface area contributed by atoms with Crippen LogP contribution < -0.4 is 10.9 Å². The van der Waals surface area contributed by atoms with Crippen molar-refractivity contribution in [3.8, 4) is 5.69 Å². The number of nitrogens with one attached hydrogen (secondary N) is 2. The van der Waals surface area contributed by atoms with Gasteiger partial charge in [-0.25, -0.2) is 13.1 Å². The van der Waals surface area contributed by atoms with Gasteiger partial charge in [0.05, 0.1) is 29.4 Å². The van der Waals surface area contributed by atoms with E-state index in [1.54, 1.807) is 18.2 Å². The highest BCUT2D eigenvalue weighted by Crippen LogP contribution is 2.25. The predicted molar refractivity (Wildman–Crippen MR) is 126 cm³/mol. The number of morpholine rings is 1. The van der Waals surface area contributed by atoms with E-state index in [0.29, 0.717) is 29.8 Å². The summed E-state index contributed by atoms with van der Waals surface area (Å²) in [5, 5.41) is 14.2. The number of hydrogen-bond donors (Lipinski definition) is 2. The van der Waals surface area contributed by atoms with E-state index in [9.17, 15) is 18.0 Å². The lowest BCUT2D eigenvalue weighted by Gasteiger charge is -2.26. The fourth-order valence-electron chi connectivity index (χ4n) is 3.98. The van der Waals surface area contributed by atoms with Gasteiger partial charge in [-0.3, -0.25) is 9.59 Å². The van der Waals surface area contributed by atoms with Gasteiger partial charge in [0.25, 0.3) is 5.91 Å². The van der Waals surface area contributed by atoms with Crippen LogP contribution in [0.5, 0.6) is 0 Å². The third-order valence-electron chi connectivity index (χ3n) is 5.72. The summed E-state index contributed by atoms with van der Waals surface area (Å²) in [5.74, 6) is -0.545. The Bertz CT molecular complexity index is 1580. The van der Waals surface area contributed by atoms with Crippen LogP contribution in [0.4, 0.5) is 5.69 Å². The van der Waals surface area contributed by atoms with Gasteiger partial charge in [-0.1, -0.05) is 0 Å². The van der Waals surface area contributed by atoms with Gasteiger partial charge in [0, 0.05) is 35.7 Å². The number of nitrogens with zero attached hydrogens (tertiary/aromatic N) is 5. The number of aryl methyl sites for hydroxylation is 1. The fourth-order valence-corrected chi connectivity index (χ4v) is 5.41. The molecule has 1 fully saturated rings. The summed E-state index contributed by atoms with van der Waals surface area (Å²) < 4.78 is 34.3. The quantitative estimate of drug-likeness (QED) is 0.417. The highest BCUT2D eigenvalue weighted by molar-refractivity contribution is 7.89. The monoisotopic (exact) mass is 495 g/mol. The Hall–Kier alpha value is -3.94. The molecule has 1 aliphatic rings. The number of hydrogen-bond acceptors (Lipinski definition) is 8. The Morgan fingerprint density at radius 3 is 2.63 bits per heavy atom. The molecule has 13 heteroatoms. The predicted octanol–water partition coefficient (Wildman–Crippen LogP) is 1.09. The van der Waals surface area contributed by atoms with Gasteiger partial charge in [-0.15, -0.1) is 5.10 Å². The maximum Gasteiger partial charge on any atom is 0.256 e. The van der Waals surface area contributed by atoms with Crippen molar-refractivity contribution >= 4 is 32.5 Å². The lowest BCUT2D eigenvalue weighted by molar-refractivity contribution is 0.0730. The molecule has 2 N–H and O–H groups in total. The minimum Gasteiger partial charge on any atom is -0.379 e. The van der Waals surface area contributed by atoms with Crippen molar-refractivity contribution in [3.05, 3.63) is 70.3 Å². The van der Waals surface area contributed by atoms with Crippen LogP contribution in [0, 0.1) is 6.92 Å². The van der Waals surface area contributed by atoms with Gasteiger partial charge >= 0.3 is 0 Å². The number of amides is 1. The standard InChI is InChI=1S/C22H21N7O5S/c1-14-10-15(2-5-20(14)29-13-23-26-27-29)24-22(31)18-12-21(30)25-19-4-3-16(11-17(18)19)35(32,33)28-6-8-34-9-7-28/h2-5,10-13H,6-9H2,1H3,(H,24,31)(H,25,30). The fraction of sp³-hybridized carbons (Fsp3) is 0.227. The van der Waals surface area contributed by atoms with Crippen LogP contribution in [0.1, 0.15) is 15.9 Å². The Kier molecular flexibility index (Phi) is 5.88. The van der Waals surface area contributed by atoms with Crippen molar-refractivity contribution in [2.24, 2.45) is 0 Å². The van der Waals surface area contributed by atoms with Crippen LogP contribution in [-0.2, 0) is 14.8 Å². The molecule has 0 atom stereocenters. The van der Waals surface area contributed by atoms with Gasteiger partial charge in [0.1, 0.15) is 6.33 Å². The molecule has 5 rings (SSSR count). The van der Waals surface area contributed by atoms with Crippen molar-refractivity contribution < 1.29 is 17.9 Å². The third-order valence-corrected chi connectivity index (χ3v) is 7.61. The molecular formula is C22H21N7O5S. The second-order valence-electron chi connectivity index (χ2n) is 7.98. The van der Waals surface area contributed by atoms with Crippen LogP contribution >= 0.6 is 0 Å². The van der Waals surface area contributed by atoms with Crippen LogP contribution in [-0.4, -0.2) is 70.1 Å². The molecule has 2 aromatic heterocycles. The number of pyridine rings is 1. The molecule has 0 unspecified atom stereocenters. The van der Waals surface area contributed by atoms with Crippen LogP contribution in [0.2, 0.25) is 0 Å². The zero-order valence-electron chi connectivity index (χ0n) is 18.6. The summed E-state index contributed by atoms with van der Waals surface area (Å²) in [5.41, 5.74) is 1.99. The summed E-state index contributed by atoms with van der Waals surface area (Å²) in [6.07, 6.45) is 1.46. The minimum atomic E-state index is -3.79. The molecule has 180 valence electrons. The zero-order valence-corrected chi connectivity index (χ0v) is 19.4. The van der Waals surface area contributed by atoms with Crippen molar-refractivity contribution in [1.29, 1.82) is 0 Å². The number of aromatic nitrogens is 5. The summed E-state index contributed by atoms with van der Waals surface area (Å²) in [4.78, 5) is 28.1. The third kappa shape index (κ3) is 4.43.